The van der Waals surface area contributed by atoms with Crippen LogP contribution in [0.3, 0.4) is 0 Å². The lowest BCUT2D eigenvalue weighted by Crippen LogP contribution is -2.13. The molecule has 0 amide bonds. The summed E-state index contributed by atoms with van der Waals surface area (Å²) < 4.78 is 4.93. The fraction of sp³-hybridized carbons (Fsp3) is 0.500. The second-order valence-electron chi connectivity index (χ2n) is 4.24. The van der Waals surface area contributed by atoms with Crippen LogP contribution in [0.15, 0.2) is 18.2 Å². The van der Waals surface area contributed by atoms with Gasteiger partial charge in [-0.15, -0.1) is 0 Å². The zero-order valence-corrected chi connectivity index (χ0v) is 12.2. The van der Waals surface area contributed by atoms with Crippen molar-refractivity contribution in [2.75, 3.05) is 6.61 Å². The predicted octanol–water partition coefficient (Wildman–Crippen LogP) is 3.56. The first-order chi connectivity index (χ1) is 8.02. The van der Waals surface area contributed by atoms with Crippen LogP contribution < -0.4 is 0 Å². The van der Waals surface area contributed by atoms with Gasteiger partial charge in [-0.25, -0.2) is 0 Å². The molecule has 0 N–H and O–H groups in total. The van der Waals surface area contributed by atoms with E-state index in [4.69, 9.17) is 4.74 Å². The van der Waals surface area contributed by atoms with Crippen molar-refractivity contribution in [1.82, 2.24) is 0 Å². The molecule has 0 aliphatic carbocycles. The number of ether oxygens (including phenoxy) is 1. The van der Waals surface area contributed by atoms with E-state index in [0.29, 0.717) is 13.0 Å². The van der Waals surface area contributed by atoms with E-state index >= 15 is 0 Å². The smallest absolute Gasteiger partial charge is 0.306 e. The van der Waals surface area contributed by atoms with Gasteiger partial charge >= 0.3 is 5.97 Å². The van der Waals surface area contributed by atoms with Crippen LogP contribution in [0, 0.1) is 13.8 Å². The molecule has 0 fully saturated rings. The molecule has 1 rings (SSSR count). The Morgan fingerprint density at radius 1 is 1.41 bits per heavy atom. The van der Waals surface area contributed by atoms with E-state index in [-0.39, 0.29) is 10.8 Å². The Morgan fingerprint density at radius 2 is 2.12 bits per heavy atom. The number of alkyl halides is 1. The number of esters is 1. The number of carbonyl (C=O) groups is 1. The first-order valence-electron chi connectivity index (χ1n) is 5.88. The molecule has 3 heteroatoms. The number of hydrogen-bond donors (Lipinski definition) is 0. The van der Waals surface area contributed by atoms with E-state index in [2.05, 4.69) is 48.0 Å². The van der Waals surface area contributed by atoms with Crippen molar-refractivity contribution >= 4 is 21.9 Å². The third-order valence-corrected chi connectivity index (χ3v) is 3.28. The van der Waals surface area contributed by atoms with Crippen molar-refractivity contribution in [2.45, 2.75) is 38.4 Å². The summed E-state index contributed by atoms with van der Waals surface area (Å²) in [7, 11) is 0. The Bertz CT molecular complexity index is 388. The van der Waals surface area contributed by atoms with E-state index in [1.54, 1.807) is 0 Å². The standard InChI is InChI=1S/C14H19BrO2/c1-4-17-14(16)9-13(15)8-12-6-5-10(2)7-11(12)3/h5-7,13H,4,8-9H2,1-3H3. The molecule has 1 unspecified atom stereocenters. The van der Waals surface area contributed by atoms with Gasteiger partial charge in [0.1, 0.15) is 0 Å². The molecule has 1 atom stereocenters. The minimum Gasteiger partial charge on any atom is -0.466 e. The van der Waals surface area contributed by atoms with E-state index in [1.807, 2.05) is 6.92 Å². The molecule has 1 aromatic rings. The summed E-state index contributed by atoms with van der Waals surface area (Å²) in [6.45, 7) is 6.46. The highest BCUT2D eigenvalue weighted by atomic mass is 79.9. The molecule has 2 nitrogen and oxygen atoms in total. The average molecular weight is 299 g/mol. The van der Waals surface area contributed by atoms with Gasteiger partial charge < -0.3 is 4.74 Å². The summed E-state index contributed by atoms with van der Waals surface area (Å²) in [5.74, 6) is -0.140. The first kappa shape index (κ1) is 14.2. The van der Waals surface area contributed by atoms with Crippen molar-refractivity contribution in [3.8, 4) is 0 Å². The zero-order valence-electron chi connectivity index (χ0n) is 10.6. The number of aryl methyl sites for hydroxylation is 2. The van der Waals surface area contributed by atoms with Crippen molar-refractivity contribution in [1.29, 1.82) is 0 Å². The summed E-state index contributed by atoms with van der Waals surface area (Å²) in [5, 5.41) is 0. The predicted molar refractivity (Wildman–Crippen MR) is 73.6 cm³/mol. The highest BCUT2D eigenvalue weighted by molar-refractivity contribution is 9.09. The van der Waals surface area contributed by atoms with Crippen molar-refractivity contribution < 1.29 is 9.53 Å². The Labute approximate surface area is 111 Å². The maximum Gasteiger partial charge on any atom is 0.306 e. The van der Waals surface area contributed by atoms with Gasteiger partial charge in [0, 0.05) is 4.83 Å². The number of carbonyl (C=O) groups excluding carboxylic acids is 1. The molecule has 0 radical (unpaired) electrons. The van der Waals surface area contributed by atoms with Crippen LogP contribution in [0.5, 0.6) is 0 Å². The average Bonchev–Trinajstić information content (AvgIpc) is 2.22. The van der Waals surface area contributed by atoms with E-state index in [1.165, 1.54) is 16.7 Å². The molecule has 0 aromatic heterocycles. The monoisotopic (exact) mass is 298 g/mol. The molecule has 94 valence electrons. The molecular formula is C14H19BrO2. The molecule has 0 saturated heterocycles. The van der Waals surface area contributed by atoms with Crippen LogP contribution in [-0.4, -0.2) is 17.4 Å². The lowest BCUT2D eigenvalue weighted by Gasteiger charge is -2.11. The van der Waals surface area contributed by atoms with Gasteiger partial charge in [-0.1, -0.05) is 39.7 Å². The van der Waals surface area contributed by atoms with Crippen LogP contribution in [0.1, 0.15) is 30.0 Å². The molecule has 17 heavy (non-hydrogen) atoms. The summed E-state index contributed by atoms with van der Waals surface area (Å²) in [5.41, 5.74) is 3.82. The summed E-state index contributed by atoms with van der Waals surface area (Å²) in [4.78, 5) is 11.5. The number of rotatable bonds is 5. The maximum atomic E-state index is 11.3. The topological polar surface area (TPSA) is 26.3 Å². The largest absolute Gasteiger partial charge is 0.466 e. The van der Waals surface area contributed by atoms with Crippen LogP contribution in [0.2, 0.25) is 0 Å². The van der Waals surface area contributed by atoms with Crippen LogP contribution in [0.25, 0.3) is 0 Å². The molecule has 0 spiro atoms. The van der Waals surface area contributed by atoms with Gasteiger partial charge in [0.15, 0.2) is 0 Å². The Kier molecular flexibility index (Phi) is 5.69. The minimum absolute atomic E-state index is 0.140. The molecular weight excluding hydrogens is 280 g/mol. The molecule has 0 aliphatic heterocycles. The van der Waals surface area contributed by atoms with Gasteiger partial charge in [0.25, 0.3) is 0 Å². The normalized spacial score (nSPS) is 12.2. The van der Waals surface area contributed by atoms with Gasteiger partial charge in [-0.2, -0.15) is 0 Å². The van der Waals surface area contributed by atoms with E-state index in [0.717, 1.165) is 6.42 Å². The zero-order chi connectivity index (χ0) is 12.8. The summed E-state index contributed by atoms with van der Waals surface area (Å²) in [6.07, 6.45) is 1.27. The quantitative estimate of drug-likeness (QED) is 0.614. The van der Waals surface area contributed by atoms with E-state index in [9.17, 15) is 4.79 Å². The Balaban J connectivity index is 2.55. The van der Waals surface area contributed by atoms with Crippen molar-refractivity contribution in [2.24, 2.45) is 0 Å². The first-order valence-corrected chi connectivity index (χ1v) is 6.80. The Hall–Kier alpha value is -0.830. The van der Waals surface area contributed by atoms with Gasteiger partial charge in [0.05, 0.1) is 13.0 Å². The lowest BCUT2D eigenvalue weighted by molar-refractivity contribution is -0.143. The number of benzene rings is 1. The highest BCUT2D eigenvalue weighted by Gasteiger charge is 2.13. The Morgan fingerprint density at radius 3 is 2.71 bits per heavy atom. The fourth-order valence-electron chi connectivity index (χ4n) is 1.79. The molecule has 0 saturated carbocycles. The minimum atomic E-state index is -0.140. The second-order valence-corrected chi connectivity index (χ2v) is 5.54. The number of hydrogen-bond acceptors (Lipinski definition) is 2. The third kappa shape index (κ3) is 4.90. The molecule has 1 aromatic carbocycles. The van der Waals surface area contributed by atoms with Gasteiger partial charge in [-0.05, 0) is 38.3 Å². The van der Waals surface area contributed by atoms with Crippen LogP contribution in [0.4, 0.5) is 0 Å². The maximum absolute atomic E-state index is 11.3. The van der Waals surface area contributed by atoms with E-state index < -0.39 is 0 Å². The van der Waals surface area contributed by atoms with Gasteiger partial charge in [0.2, 0.25) is 0 Å². The van der Waals surface area contributed by atoms with Crippen LogP contribution >= 0.6 is 15.9 Å². The third-order valence-electron chi connectivity index (χ3n) is 2.63. The van der Waals surface area contributed by atoms with Crippen LogP contribution in [-0.2, 0) is 16.0 Å². The van der Waals surface area contributed by atoms with Crippen molar-refractivity contribution in [3.63, 3.8) is 0 Å². The lowest BCUT2D eigenvalue weighted by atomic mass is 10.0. The summed E-state index contributed by atoms with van der Waals surface area (Å²) >= 11 is 3.54. The second kappa shape index (κ2) is 6.80. The fourth-order valence-corrected chi connectivity index (χ4v) is 2.40. The summed E-state index contributed by atoms with van der Waals surface area (Å²) in [6, 6.07) is 6.40. The number of halogens is 1. The van der Waals surface area contributed by atoms with Crippen molar-refractivity contribution in [3.05, 3.63) is 34.9 Å². The highest BCUT2D eigenvalue weighted by Crippen LogP contribution is 2.18. The SMILES string of the molecule is CCOC(=O)CC(Br)Cc1ccc(C)cc1C. The van der Waals surface area contributed by atoms with Gasteiger partial charge in [-0.3, -0.25) is 4.79 Å². The molecule has 0 heterocycles. The molecule has 0 bridgehead atoms. The molecule has 0 aliphatic rings.